The molecule has 1 unspecified atom stereocenters. The van der Waals surface area contributed by atoms with Crippen LogP contribution in [0.4, 0.5) is 5.69 Å². The number of nitrogen functional groups attached to an aromatic ring is 1. The molecule has 0 aliphatic carbocycles. The van der Waals surface area contributed by atoms with Gasteiger partial charge in [0.15, 0.2) is 0 Å². The van der Waals surface area contributed by atoms with Gasteiger partial charge in [0.05, 0.1) is 0 Å². The minimum Gasteiger partial charge on any atom is -0.398 e. The van der Waals surface area contributed by atoms with Crippen molar-refractivity contribution in [2.45, 2.75) is 33.2 Å². The van der Waals surface area contributed by atoms with Crippen molar-refractivity contribution in [3.8, 4) is 0 Å². The van der Waals surface area contributed by atoms with Crippen LogP contribution < -0.4 is 16.4 Å². The molecule has 1 aromatic carbocycles. The maximum Gasteiger partial charge on any atom is 0.252 e. The molecular formula is C15H23N3O2. The molecule has 0 saturated heterocycles. The summed E-state index contributed by atoms with van der Waals surface area (Å²) in [5, 5.41) is 5.35. The molecular weight excluding hydrogens is 254 g/mol. The molecule has 0 aliphatic rings. The van der Waals surface area contributed by atoms with Crippen molar-refractivity contribution in [2.75, 3.05) is 12.8 Å². The smallest absolute Gasteiger partial charge is 0.252 e. The fraction of sp³-hybridized carbons (Fsp3) is 0.467. The van der Waals surface area contributed by atoms with E-state index in [0.717, 1.165) is 5.56 Å². The molecule has 0 spiro atoms. The number of nitrogens with one attached hydrogen (secondary N) is 2. The van der Waals surface area contributed by atoms with Crippen molar-refractivity contribution in [2.24, 2.45) is 5.92 Å². The zero-order valence-electron chi connectivity index (χ0n) is 12.5. The first-order chi connectivity index (χ1) is 9.36. The van der Waals surface area contributed by atoms with Gasteiger partial charge in [-0.05, 0) is 37.0 Å². The predicted octanol–water partition coefficient (Wildman–Crippen LogP) is 1.47. The number of rotatable bonds is 5. The van der Waals surface area contributed by atoms with E-state index in [9.17, 15) is 9.59 Å². The normalized spacial score (nSPS) is 12.1. The number of likely N-dealkylation sites (N-methyl/N-ethyl adjacent to an activating group) is 1. The largest absolute Gasteiger partial charge is 0.398 e. The summed E-state index contributed by atoms with van der Waals surface area (Å²) in [7, 11) is 1.56. The van der Waals surface area contributed by atoms with E-state index in [2.05, 4.69) is 10.6 Å². The van der Waals surface area contributed by atoms with Gasteiger partial charge >= 0.3 is 0 Å². The second-order valence-electron chi connectivity index (χ2n) is 5.29. The number of carbonyl (C=O) groups excluding carboxylic acids is 2. The number of anilines is 1. The van der Waals surface area contributed by atoms with Crippen molar-refractivity contribution >= 4 is 17.5 Å². The molecule has 0 saturated carbocycles. The molecule has 5 nitrogen and oxygen atoms in total. The van der Waals surface area contributed by atoms with Gasteiger partial charge in [0, 0.05) is 18.3 Å². The summed E-state index contributed by atoms with van der Waals surface area (Å²) >= 11 is 0. The van der Waals surface area contributed by atoms with Gasteiger partial charge in [0.2, 0.25) is 5.91 Å². The van der Waals surface area contributed by atoms with Crippen LogP contribution in [0.25, 0.3) is 0 Å². The van der Waals surface area contributed by atoms with Crippen molar-refractivity contribution in [3.63, 3.8) is 0 Å². The lowest BCUT2D eigenvalue weighted by atomic mass is 10.0. The van der Waals surface area contributed by atoms with E-state index in [1.165, 1.54) is 0 Å². The standard InChI is InChI=1S/C15H23N3O2/c1-9(2)8-13(15(20)17-4)18-14(19)11-6-5-7-12(16)10(11)3/h5-7,9,13H,8,16H2,1-4H3,(H,17,20)(H,18,19). The van der Waals surface area contributed by atoms with E-state index in [-0.39, 0.29) is 11.8 Å². The quantitative estimate of drug-likeness (QED) is 0.713. The second-order valence-corrected chi connectivity index (χ2v) is 5.29. The van der Waals surface area contributed by atoms with Crippen LogP contribution in [0.2, 0.25) is 0 Å². The Morgan fingerprint density at radius 1 is 1.30 bits per heavy atom. The zero-order valence-corrected chi connectivity index (χ0v) is 12.5. The molecule has 0 fully saturated rings. The Labute approximate surface area is 119 Å². The van der Waals surface area contributed by atoms with Crippen LogP contribution in [0.15, 0.2) is 18.2 Å². The Bertz CT molecular complexity index is 498. The predicted molar refractivity (Wildman–Crippen MR) is 80.4 cm³/mol. The van der Waals surface area contributed by atoms with Crippen molar-refractivity contribution in [1.29, 1.82) is 0 Å². The van der Waals surface area contributed by atoms with E-state index >= 15 is 0 Å². The Balaban J connectivity index is 2.90. The molecule has 0 aromatic heterocycles. The summed E-state index contributed by atoms with van der Waals surface area (Å²) in [6, 6.07) is 4.65. The summed E-state index contributed by atoms with van der Waals surface area (Å²) < 4.78 is 0. The fourth-order valence-corrected chi connectivity index (χ4v) is 2.01. The first-order valence-corrected chi connectivity index (χ1v) is 6.74. The highest BCUT2D eigenvalue weighted by Gasteiger charge is 2.22. The zero-order chi connectivity index (χ0) is 15.3. The van der Waals surface area contributed by atoms with Gasteiger partial charge in [-0.3, -0.25) is 9.59 Å². The molecule has 1 aromatic rings. The van der Waals surface area contributed by atoms with Gasteiger partial charge in [-0.15, -0.1) is 0 Å². The average molecular weight is 277 g/mol. The number of hydrogen-bond donors (Lipinski definition) is 3. The fourth-order valence-electron chi connectivity index (χ4n) is 2.01. The minimum absolute atomic E-state index is 0.186. The highest BCUT2D eigenvalue weighted by Crippen LogP contribution is 2.16. The minimum atomic E-state index is -0.534. The van der Waals surface area contributed by atoms with Gasteiger partial charge in [-0.25, -0.2) is 0 Å². The van der Waals surface area contributed by atoms with Crippen LogP contribution in [-0.2, 0) is 4.79 Å². The summed E-state index contributed by atoms with van der Waals surface area (Å²) in [5.41, 5.74) is 7.59. The van der Waals surface area contributed by atoms with Crippen molar-refractivity contribution in [3.05, 3.63) is 29.3 Å². The molecule has 0 heterocycles. The first kappa shape index (κ1) is 16.0. The molecule has 0 aliphatic heterocycles. The highest BCUT2D eigenvalue weighted by molar-refractivity contribution is 5.99. The summed E-state index contributed by atoms with van der Waals surface area (Å²) in [4.78, 5) is 24.1. The molecule has 1 rings (SSSR count). The first-order valence-electron chi connectivity index (χ1n) is 6.74. The van der Waals surface area contributed by atoms with Crippen LogP contribution in [0, 0.1) is 12.8 Å². The van der Waals surface area contributed by atoms with Gasteiger partial charge in [-0.1, -0.05) is 19.9 Å². The highest BCUT2D eigenvalue weighted by atomic mass is 16.2. The van der Waals surface area contributed by atoms with E-state index < -0.39 is 6.04 Å². The Kier molecular flexibility index (Phi) is 5.55. The number of benzene rings is 1. The SMILES string of the molecule is CNC(=O)C(CC(C)C)NC(=O)c1cccc(N)c1C. The molecule has 1 atom stereocenters. The van der Waals surface area contributed by atoms with E-state index in [1.54, 1.807) is 32.2 Å². The second kappa shape index (κ2) is 6.93. The van der Waals surface area contributed by atoms with Gasteiger partial charge in [-0.2, -0.15) is 0 Å². The molecule has 20 heavy (non-hydrogen) atoms. The van der Waals surface area contributed by atoms with Crippen LogP contribution >= 0.6 is 0 Å². The lowest BCUT2D eigenvalue weighted by Crippen LogP contribution is -2.46. The van der Waals surface area contributed by atoms with Gasteiger partial charge < -0.3 is 16.4 Å². The monoisotopic (exact) mass is 277 g/mol. The van der Waals surface area contributed by atoms with Crippen molar-refractivity contribution < 1.29 is 9.59 Å². The van der Waals surface area contributed by atoms with E-state index in [0.29, 0.717) is 23.6 Å². The molecule has 2 amide bonds. The molecule has 0 radical (unpaired) electrons. The molecule has 5 heteroatoms. The summed E-state index contributed by atoms with van der Waals surface area (Å²) in [6.07, 6.45) is 0.590. The average Bonchev–Trinajstić information content (AvgIpc) is 2.39. The van der Waals surface area contributed by atoms with Crippen LogP contribution in [0.1, 0.15) is 36.2 Å². The Hall–Kier alpha value is -2.04. The van der Waals surface area contributed by atoms with Crippen LogP contribution in [-0.4, -0.2) is 24.9 Å². The van der Waals surface area contributed by atoms with E-state index in [4.69, 9.17) is 5.73 Å². The van der Waals surface area contributed by atoms with E-state index in [1.807, 2.05) is 13.8 Å². The Morgan fingerprint density at radius 2 is 1.95 bits per heavy atom. The molecule has 4 N–H and O–H groups in total. The maximum absolute atomic E-state index is 12.3. The van der Waals surface area contributed by atoms with Crippen molar-refractivity contribution in [1.82, 2.24) is 10.6 Å². The van der Waals surface area contributed by atoms with Gasteiger partial charge in [0.25, 0.3) is 5.91 Å². The third kappa shape index (κ3) is 3.98. The summed E-state index contributed by atoms with van der Waals surface area (Å²) in [5.74, 6) is -0.155. The third-order valence-corrected chi connectivity index (χ3v) is 3.20. The lowest BCUT2D eigenvalue weighted by Gasteiger charge is -2.20. The number of nitrogens with two attached hydrogens (primary N) is 1. The third-order valence-electron chi connectivity index (χ3n) is 3.20. The van der Waals surface area contributed by atoms with Gasteiger partial charge in [0.1, 0.15) is 6.04 Å². The molecule has 110 valence electrons. The number of hydrogen-bond acceptors (Lipinski definition) is 3. The number of amides is 2. The van der Waals surface area contributed by atoms with Crippen LogP contribution in [0.3, 0.4) is 0 Å². The Morgan fingerprint density at radius 3 is 2.50 bits per heavy atom. The number of carbonyl (C=O) groups is 2. The summed E-state index contributed by atoms with van der Waals surface area (Å²) in [6.45, 7) is 5.81. The molecule has 0 bridgehead atoms. The van der Waals surface area contributed by atoms with Crippen LogP contribution in [0.5, 0.6) is 0 Å². The maximum atomic E-state index is 12.3. The lowest BCUT2D eigenvalue weighted by molar-refractivity contribution is -0.122. The topological polar surface area (TPSA) is 84.2 Å².